The molecular weight excluding hydrogens is 318 g/mol. The number of benzene rings is 2. The maximum atomic E-state index is 12.1. The second kappa shape index (κ2) is 6.73. The molecule has 5 nitrogen and oxygen atoms in total. The van der Waals surface area contributed by atoms with Gasteiger partial charge in [0.15, 0.2) is 5.70 Å². The first kappa shape index (κ1) is 16.6. The van der Waals surface area contributed by atoms with E-state index in [4.69, 9.17) is 9.47 Å². The largest absolute Gasteiger partial charge is 0.465 e. The highest BCUT2D eigenvalue weighted by Gasteiger charge is 2.25. The molecule has 2 aromatic rings. The molecule has 0 aromatic heterocycles. The molecule has 0 aliphatic carbocycles. The number of ether oxygens (including phenoxy) is 2. The third-order valence-electron chi connectivity index (χ3n) is 4.03. The lowest BCUT2D eigenvalue weighted by Crippen LogP contribution is -2.06. The van der Waals surface area contributed by atoms with Gasteiger partial charge in [-0.2, -0.15) is 0 Å². The van der Waals surface area contributed by atoms with Crippen molar-refractivity contribution in [2.45, 2.75) is 13.8 Å². The standard InChI is InChI=1S/C20H17NO4/c1-12-8-9-15(10-13(12)2)18-21-17(20(23)25-18)11-14-6-4-5-7-16(14)19(22)24-3/h4-11H,1-3H3/b17-11-. The first-order valence-electron chi connectivity index (χ1n) is 7.77. The van der Waals surface area contributed by atoms with Gasteiger partial charge in [-0.15, -0.1) is 0 Å². The lowest BCUT2D eigenvalue weighted by molar-refractivity contribution is -0.129. The molecule has 3 rings (SSSR count). The Bertz CT molecular complexity index is 925. The van der Waals surface area contributed by atoms with Crippen molar-refractivity contribution in [1.29, 1.82) is 0 Å². The Morgan fingerprint density at radius 1 is 1.12 bits per heavy atom. The van der Waals surface area contributed by atoms with Crippen LogP contribution in [0.1, 0.15) is 32.6 Å². The molecule has 0 spiro atoms. The van der Waals surface area contributed by atoms with Gasteiger partial charge in [0.2, 0.25) is 5.90 Å². The molecule has 0 saturated carbocycles. The summed E-state index contributed by atoms with van der Waals surface area (Å²) in [5.41, 5.74) is 4.03. The van der Waals surface area contributed by atoms with Crippen molar-refractivity contribution in [3.8, 4) is 0 Å². The average molecular weight is 335 g/mol. The fourth-order valence-corrected chi connectivity index (χ4v) is 2.47. The molecule has 0 radical (unpaired) electrons. The maximum Gasteiger partial charge on any atom is 0.363 e. The molecule has 0 bridgehead atoms. The topological polar surface area (TPSA) is 65.0 Å². The Morgan fingerprint density at radius 3 is 2.60 bits per heavy atom. The number of carbonyl (C=O) groups is 2. The van der Waals surface area contributed by atoms with E-state index in [1.807, 2.05) is 32.0 Å². The van der Waals surface area contributed by atoms with E-state index in [1.54, 1.807) is 24.3 Å². The molecular formula is C20H17NO4. The summed E-state index contributed by atoms with van der Waals surface area (Å²) < 4.78 is 10.0. The summed E-state index contributed by atoms with van der Waals surface area (Å²) in [5.74, 6) is -0.764. The number of carbonyl (C=O) groups excluding carboxylic acids is 2. The average Bonchev–Trinajstić information content (AvgIpc) is 2.98. The predicted octanol–water partition coefficient (Wildman–Crippen LogP) is 3.43. The molecule has 1 aliphatic heterocycles. The van der Waals surface area contributed by atoms with Crippen LogP contribution in [0, 0.1) is 13.8 Å². The number of cyclic esters (lactones) is 1. The number of methoxy groups -OCH3 is 1. The molecule has 25 heavy (non-hydrogen) atoms. The number of aryl methyl sites for hydroxylation is 2. The van der Waals surface area contributed by atoms with Crippen LogP contribution in [-0.2, 0) is 14.3 Å². The van der Waals surface area contributed by atoms with Gasteiger partial charge in [-0.3, -0.25) is 0 Å². The van der Waals surface area contributed by atoms with Gasteiger partial charge in [-0.05, 0) is 54.8 Å². The summed E-state index contributed by atoms with van der Waals surface area (Å²) >= 11 is 0. The zero-order valence-electron chi connectivity index (χ0n) is 14.2. The third-order valence-corrected chi connectivity index (χ3v) is 4.03. The summed E-state index contributed by atoms with van der Waals surface area (Å²) in [5, 5.41) is 0. The number of rotatable bonds is 3. The van der Waals surface area contributed by atoms with Gasteiger partial charge >= 0.3 is 11.9 Å². The molecule has 0 unspecified atom stereocenters. The summed E-state index contributed by atoms with van der Waals surface area (Å²) in [6.07, 6.45) is 1.53. The van der Waals surface area contributed by atoms with E-state index in [1.165, 1.54) is 13.2 Å². The summed E-state index contributed by atoms with van der Waals surface area (Å²) in [6.45, 7) is 4.00. The van der Waals surface area contributed by atoms with E-state index in [-0.39, 0.29) is 11.6 Å². The van der Waals surface area contributed by atoms with E-state index in [0.717, 1.165) is 16.7 Å². The van der Waals surface area contributed by atoms with Gasteiger partial charge < -0.3 is 9.47 Å². The molecule has 1 heterocycles. The van der Waals surface area contributed by atoms with Crippen LogP contribution in [0.15, 0.2) is 53.2 Å². The SMILES string of the molecule is COC(=O)c1ccccc1/C=C1\N=C(c2ccc(C)c(C)c2)OC1=O. The fourth-order valence-electron chi connectivity index (χ4n) is 2.47. The van der Waals surface area contributed by atoms with Gasteiger partial charge in [0.1, 0.15) is 0 Å². The first-order valence-corrected chi connectivity index (χ1v) is 7.77. The second-order valence-corrected chi connectivity index (χ2v) is 5.71. The highest BCUT2D eigenvalue weighted by Crippen LogP contribution is 2.22. The molecule has 1 aliphatic rings. The Hall–Kier alpha value is -3.21. The van der Waals surface area contributed by atoms with Gasteiger partial charge in [0, 0.05) is 5.56 Å². The summed E-state index contributed by atoms with van der Waals surface area (Å²) in [6, 6.07) is 12.6. The Labute approximate surface area is 145 Å². The number of nitrogens with zero attached hydrogens (tertiary/aromatic N) is 1. The zero-order chi connectivity index (χ0) is 18.0. The maximum absolute atomic E-state index is 12.1. The third kappa shape index (κ3) is 3.35. The van der Waals surface area contributed by atoms with E-state index in [9.17, 15) is 9.59 Å². The monoisotopic (exact) mass is 335 g/mol. The van der Waals surface area contributed by atoms with Gasteiger partial charge in [-0.1, -0.05) is 24.3 Å². The number of esters is 2. The van der Waals surface area contributed by atoms with Crippen LogP contribution in [0.3, 0.4) is 0 Å². The lowest BCUT2D eigenvalue weighted by atomic mass is 10.1. The zero-order valence-corrected chi connectivity index (χ0v) is 14.2. The minimum atomic E-state index is -0.548. The molecule has 0 saturated heterocycles. The van der Waals surface area contributed by atoms with Gasteiger partial charge in [-0.25, -0.2) is 14.6 Å². The molecule has 0 amide bonds. The Morgan fingerprint density at radius 2 is 1.88 bits per heavy atom. The van der Waals surface area contributed by atoms with Crippen LogP contribution in [0.5, 0.6) is 0 Å². The minimum Gasteiger partial charge on any atom is -0.465 e. The van der Waals surface area contributed by atoms with Crippen LogP contribution in [-0.4, -0.2) is 24.9 Å². The highest BCUT2D eigenvalue weighted by molar-refractivity contribution is 6.13. The normalized spacial score (nSPS) is 15.1. The lowest BCUT2D eigenvalue weighted by Gasteiger charge is -2.03. The van der Waals surface area contributed by atoms with Crippen molar-refractivity contribution < 1.29 is 19.1 Å². The van der Waals surface area contributed by atoms with E-state index < -0.39 is 11.9 Å². The number of aliphatic imine (C=N–C) groups is 1. The van der Waals surface area contributed by atoms with Crippen molar-refractivity contribution in [2.24, 2.45) is 4.99 Å². The molecule has 0 fully saturated rings. The van der Waals surface area contributed by atoms with Crippen LogP contribution in [0.2, 0.25) is 0 Å². The Balaban J connectivity index is 1.99. The minimum absolute atomic E-state index is 0.143. The van der Waals surface area contributed by atoms with Crippen LogP contribution in [0.4, 0.5) is 0 Å². The highest BCUT2D eigenvalue weighted by atomic mass is 16.6. The quantitative estimate of drug-likeness (QED) is 0.637. The number of hydrogen-bond acceptors (Lipinski definition) is 5. The Kier molecular flexibility index (Phi) is 4.48. The van der Waals surface area contributed by atoms with Crippen molar-refractivity contribution in [2.75, 3.05) is 7.11 Å². The van der Waals surface area contributed by atoms with E-state index in [0.29, 0.717) is 11.1 Å². The molecule has 0 N–H and O–H groups in total. The number of hydrogen-bond donors (Lipinski definition) is 0. The van der Waals surface area contributed by atoms with E-state index in [2.05, 4.69) is 4.99 Å². The first-order chi connectivity index (χ1) is 12.0. The smallest absolute Gasteiger partial charge is 0.363 e. The molecule has 2 aromatic carbocycles. The van der Waals surface area contributed by atoms with Gasteiger partial charge in [0.05, 0.1) is 12.7 Å². The summed E-state index contributed by atoms with van der Waals surface area (Å²) in [4.78, 5) is 28.3. The van der Waals surface area contributed by atoms with Crippen molar-refractivity contribution in [1.82, 2.24) is 0 Å². The van der Waals surface area contributed by atoms with E-state index >= 15 is 0 Å². The van der Waals surface area contributed by atoms with Crippen LogP contribution in [0.25, 0.3) is 6.08 Å². The second-order valence-electron chi connectivity index (χ2n) is 5.71. The fraction of sp³-hybridized carbons (Fsp3) is 0.150. The molecule has 0 atom stereocenters. The van der Waals surface area contributed by atoms with Crippen molar-refractivity contribution in [3.05, 3.63) is 76.0 Å². The van der Waals surface area contributed by atoms with Crippen LogP contribution < -0.4 is 0 Å². The van der Waals surface area contributed by atoms with Crippen LogP contribution >= 0.6 is 0 Å². The van der Waals surface area contributed by atoms with Crippen molar-refractivity contribution >= 4 is 23.9 Å². The summed E-state index contributed by atoms with van der Waals surface area (Å²) in [7, 11) is 1.31. The van der Waals surface area contributed by atoms with Gasteiger partial charge in [0.25, 0.3) is 0 Å². The predicted molar refractivity (Wildman–Crippen MR) is 94.3 cm³/mol. The molecule has 126 valence electrons. The van der Waals surface area contributed by atoms with Crippen molar-refractivity contribution in [3.63, 3.8) is 0 Å². The molecule has 5 heteroatoms.